The molecular formula is C25H22ClN3O2S. The third-order valence-electron chi connectivity index (χ3n) is 5.13. The number of aromatic nitrogens is 1. The van der Waals surface area contributed by atoms with Gasteiger partial charge in [-0.15, -0.1) is 23.7 Å². The molecule has 1 N–H and O–H groups in total. The molecule has 162 valence electrons. The Morgan fingerprint density at radius 1 is 1.00 bits per heavy atom. The third-order valence-corrected chi connectivity index (χ3v) is 6.19. The van der Waals surface area contributed by atoms with Crippen molar-refractivity contribution in [3.63, 3.8) is 0 Å². The molecule has 0 bridgehead atoms. The van der Waals surface area contributed by atoms with Gasteiger partial charge in [0, 0.05) is 29.8 Å². The Balaban J connectivity index is 0.00000245. The first kappa shape index (κ1) is 22.0. The standard InChI is InChI=1S/C25H21N3O2S.ClH/c29-22(17-5-2-1-3-6-17)16-30-20-10-7-18(8-11-20)25-28-21-12-9-19(15-23(21)31-25)24-26-13-4-14-27-24;/h1-3,5-12,15H,4,13-14,16H2,(H,26,27);1H. The second kappa shape index (κ2) is 9.94. The lowest BCUT2D eigenvalue weighted by Crippen LogP contribution is -2.30. The Morgan fingerprint density at radius 2 is 1.78 bits per heavy atom. The summed E-state index contributed by atoms with van der Waals surface area (Å²) < 4.78 is 6.80. The molecule has 0 atom stereocenters. The first-order valence-electron chi connectivity index (χ1n) is 10.3. The van der Waals surface area contributed by atoms with Gasteiger partial charge in [-0.1, -0.05) is 30.3 Å². The number of ether oxygens (including phenoxy) is 1. The highest BCUT2D eigenvalue weighted by molar-refractivity contribution is 7.21. The highest BCUT2D eigenvalue weighted by Crippen LogP contribution is 2.31. The molecule has 3 aromatic carbocycles. The Kier molecular flexibility index (Phi) is 6.83. The van der Waals surface area contributed by atoms with E-state index in [1.807, 2.05) is 42.5 Å². The van der Waals surface area contributed by atoms with Crippen LogP contribution in [0.15, 0.2) is 77.8 Å². The summed E-state index contributed by atoms with van der Waals surface area (Å²) in [4.78, 5) is 21.6. The molecule has 0 radical (unpaired) electrons. The van der Waals surface area contributed by atoms with E-state index >= 15 is 0 Å². The number of fused-ring (bicyclic) bond motifs is 1. The van der Waals surface area contributed by atoms with Crippen molar-refractivity contribution in [2.45, 2.75) is 6.42 Å². The molecule has 0 fully saturated rings. The number of Topliss-reactive ketones (excluding diaryl/α,β-unsaturated/α-hetero) is 1. The first-order chi connectivity index (χ1) is 15.3. The van der Waals surface area contributed by atoms with E-state index in [4.69, 9.17) is 9.72 Å². The largest absolute Gasteiger partial charge is 0.485 e. The van der Waals surface area contributed by atoms with Crippen molar-refractivity contribution in [2.75, 3.05) is 19.7 Å². The Bertz CT molecular complexity index is 1250. The van der Waals surface area contributed by atoms with E-state index in [1.165, 1.54) is 0 Å². The number of halogens is 1. The van der Waals surface area contributed by atoms with Crippen molar-refractivity contribution in [3.05, 3.63) is 83.9 Å². The highest BCUT2D eigenvalue weighted by atomic mass is 35.5. The molecule has 32 heavy (non-hydrogen) atoms. The van der Waals surface area contributed by atoms with Crippen LogP contribution in [-0.4, -0.2) is 36.3 Å². The molecule has 0 aliphatic carbocycles. The van der Waals surface area contributed by atoms with Gasteiger partial charge in [0.05, 0.1) is 10.2 Å². The number of nitrogens with one attached hydrogen (secondary N) is 1. The molecular weight excluding hydrogens is 442 g/mol. The van der Waals surface area contributed by atoms with Crippen LogP contribution in [0.25, 0.3) is 20.8 Å². The normalized spacial score (nSPS) is 13.1. The molecule has 2 heterocycles. The van der Waals surface area contributed by atoms with Gasteiger partial charge >= 0.3 is 0 Å². The monoisotopic (exact) mass is 463 g/mol. The van der Waals surface area contributed by atoms with Gasteiger partial charge in [-0.05, 0) is 48.9 Å². The Morgan fingerprint density at radius 3 is 2.53 bits per heavy atom. The lowest BCUT2D eigenvalue weighted by Gasteiger charge is -2.14. The summed E-state index contributed by atoms with van der Waals surface area (Å²) in [7, 11) is 0. The lowest BCUT2D eigenvalue weighted by atomic mass is 10.1. The van der Waals surface area contributed by atoms with Crippen molar-refractivity contribution >= 4 is 45.6 Å². The average molecular weight is 464 g/mol. The molecule has 5 rings (SSSR count). The number of hydrogen-bond donors (Lipinski definition) is 1. The molecule has 1 aliphatic rings. The summed E-state index contributed by atoms with van der Waals surface area (Å²) in [5, 5.41) is 4.33. The number of nitrogens with zero attached hydrogens (tertiary/aromatic N) is 2. The number of hydrogen-bond acceptors (Lipinski definition) is 6. The zero-order valence-electron chi connectivity index (χ0n) is 17.3. The van der Waals surface area contributed by atoms with Crippen LogP contribution in [-0.2, 0) is 0 Å². The molecule has 0 spiro atoms. The number of ketones is 1. The van der Waals surface area contributed by atoms with Crippen LogP contribution in [0.5, 0.6) is 5.75 Å². The van der Waals surface area contributed by atoms with E-state index < -0.39 is 0 Å². The number of rotatable bonds is 6. The fourth-order valence-corrected chi connectivity index (χ4v) is 4.48. The quantitative estimate of drug-likeness (QED) is 0.389. The predicted octanol–water partition coefficient (Wildman–Crippen LogP) is 5.39. The van der Waals surface area contributed by atoms with Crippen LogP contribution in [0.3, 0.4) is 0 Å². The zero-order chi connectivity index (χ0) is 21.0. The SMILES string of the molecule is Cl.O=C(COc1ccc(-c2nc3ccc(C4=NCCCN4)cc3s2)cc1)c1ccccc1. The number of carbonyl (C=O) groups is 1. The second-order valence-corrected chi connectivity index (χ2v) is 8.35. The van der Waals surface area contributed by atoms with Crippen LogP contribution in [0.2, 0.25) is 0 Å². The van der Waals surface area contributed by atoms with E-state index in [2.05, 4.69) is 28.5 Å². The molecule has 4 aromatic rings. The Labute approximate surface area is 196 Å². The fourth-order valence-electron chi connectivity index (χ4n) is 3.47. The fraction of sp³-hybridized carbons (Fsp3) is 0.160. The molecule has 5 nitrogen and oxygen atoms in total. The van der Waals surface area contributed by atoms with E-state index in [9.17, 15) is 4.79 Å². The van der Waals surface area contributed by atoms with Crippen molar-refractivity contribution in [3.8, 4) is 16.3 Å². The van der Waals surface area contributed by atoms with Crippen LogP contribution in [0.1, 0.15) is 22.3 Å². The highest BCUT2D eigenvalue weighted by Gasteiger charge is 2.12. The van der Waals surface area contributed by atoms with Crippen LogP contribution in [0, 0.1) is 0 Å². The first-order valence-corrected chi connectivity index (χ1v) is 11.1. The number of benzene rings is 3. The number of carbonyl (C=O) groups excluding carboxylic acids is 1. The zero-order valence-corrected chi connectivity index (χ0v) is 18.9. The van der Waals surface area contributed by atoms with Gasteiger partial charge in [0.1, 0.15) is 16.6 Å². The minimum absolute atomic E-state index is 0. The summed E-state index contributed by atoms with van der Waals surface area (Å²) in [6.07, 6.45) is 1.08. The van der Waals surface area contributed by atoms with Gasteiger partial charge in [0.2, 0.25) is 0 Å². The van der Waals surface area contributed by atoms with E-state index in [-0.39, 0.29) is 24.8 Å². The topological polar surface area (TPSA) is 63.6 Å². The van der Waals surface area contributed by atoms with Crippen LogP contribution >= 0.6 is 23.7 Å². The summed E-state index contributed by atoms with van der Waals surface area (Å²) in [6, 6.07) is 23.2. The molecule has 0 unspecified atom stereocenters. The van der Waals surface area contributed by atoms with Crippen LogP contribution in [0.4, 0.5) is 0 Å². The second-order valence-electron chi connectivity index (χ2n) is 7.31. The van der Waals surface area contributed by atoms with Crippen LogP contribution < -0.4 is 10.1 Å². The van der Waals surface area contributed by atoms with Crippen molar-refractivity contribution < 1.29 is 9.53 Å². The third kappa shape index (κ3) is 4.82. The molecule has 7 heteroatoms. The van der Waals surface area contributed by atoms with Gasteiger partial charge in [-0.3, -0.25) is 9.79 Å². The number of thiazole rings is 1. The van der Waals surface area contributed by atoms with Gasteiger partial charge < -0.3 is 10.1 Å². The maximum atomic E-state index is 12.2. The average Bonchev–Trinajstić information content (AvgIpc) is 3.27. The minimum Gasteiger partial charge on any atom is -0.485 e. The molecule has 0 saturated heterocycles. The van der Waals surface area contributed by atoms with Gasteiger partial charge in [-0.25, -0.2) is 4.98 Å². The number of aliphatic imine (C=N–C) groups is 1. The van der Waals surface area contributed by atoms with E-state index in [0.717, 1.165) is 51.7 Å². The van der Waals surface area contributed by atoms with Gasteiger partial charge in [0.25, 0.3) is 0 Å². The Hall–Kier alpha value is -3.22. The molecule has 0 amide bonds. The van der Waals surface area contributed by atoms with E-state index in [0.29, 0.717) is 11.3 Å². The van der Waals surface area contributed by atoms with Crippen molar-refractivity contribution in [1.82, 2.24) is 10.3 Å². The molecule has 1 aliphatic heterocycles. The predicted molar refractivity (Wildman–Crippen MR) is 133 cm³/mol. The molecule has 0 saturated carbocycles. The number of amidine groups is 1. The molecule has 1 aromatic heterocycles. The minimum atomic E-state index is -0.0382. The summed E-state index contributed by atoms with van der Waals surface area (Å²) >= 11 is 1.66. The summed E-state index contributed by atoms with van der Waals surface area (Å²) in [6.45, 7) is 1.86. The van der Waals surface area contributed by atoms with Crippen molar-refractivity contribution in [1.29, 1.82) is 0 Å². The maximum absolute atomic E-state index is 12.2. The van der Waals surface area contributed by atoms with Gasteiger partial charge in [0.15, 0.2) is 12.4 Å². The smallest absolute Gasteiger partial charge is 0.200 e. The van der Waals surface area contributed by atoms with Gasteiger partial charge in [-0.2, -0.15) is 0 Å². The van der Waals surface area contributed by atoms with Crippen molar-refractivity contribution in [2.24, 2.45) is 4.99 Å². The summed E-state index contributed by atoms with van der Waals surface area (Å²) in [5.74, 6) is 1.59. The lowest BCUT2D eigenvalue weighted by molar-refractivity contribution is 0.0921. The van der Waals surface area contributed by atoms with E-state index in [1.54, 1.807) is 23.5 Å². The maximum Gasteiger partial charge on any atom is 0.200 e. The summed E-state index contributed by atoms with van der Waals surface area (Å²) in [5.41, 5.74) is 3.77.